The number of aromatic nitrogens is 2. The number of hydrogen-bond acceptors (Lipinski definition) is 5. The summed E-state index contributed by atoms with van der Waals surface area (Å²) >= 11 is 0. The summed E-state index contributed by atoms with van der Waals surface area (Å²) in [7, 11) is 1.28. The van der Waals surface area contributed by atoms with E-state index in [4.69, 9.17) is 16.0 Å². The Morgan fingerprint density at radius 3 is 2.70 bits per heavy atom. The van der Waals surface area contributed by atoms with Crippen molar-refractivity contribution < 1.29 is 14.3 Å². The maximum Gasteiger partial charge on any atom is 0.336 e. The lowest BCUT2D eigenvalue weighted by Gasteiger charge is -2.09. The van der Waals surface area contributed by atoms with Crippen LogP contribution in [0.15, 0.2) is 59.4 Å². The van der Waals surface area contributed by atoms with Gasteiger partial charge in [-0.05, 0) is 42.0 Å². The Hall–Kier alpha value is -3.92. The smallest absolute Gasteiger partial charge is 0.336 e. The Kier molecular flexibility index (Phi) is 5.28. The zero-order valence-electron chi connectivity index (χ0n) is 14.4. The number of rotatable bonds is 5. The van der Waals surface area contributed by atoms with E-state index in [-0.39, 0.29) is 16.8 Å². The standard InChI is InChI=1S/C20H15N3O4/c1-21-16-10-14(20(25)26-2)11-18(12-16)27-17-5-3-4-13(9-17)8-15-6-7-19(24)23-22-15/h3-7,9-12H,8H2,2H3,(H,23,24). The maximum atomic E-state index is 11.8. The first-order valence-electron chi connectivity index (χ1n) is 7.99. The summed E-state index contributed by atoms with van der Waals surface area (Å²) in [6.45, 7) is 7.17. The fourth-order valence-electron chi connectivity index (χ4n) is 2.48. The van der Waals surface area contributed by atoms with Gasteiger partial charge in [-0.2, -0.15) is 5.10 Å². The third-order valence-corrected chi connectivity index (χ3v) is 3.70. The number of aromatic amines is 1. The van der Waals surface area contributed by atoms with Gasteiger partial charge in [-0.15, -0.1) is 0 Å². The maximum absolute atomic E-state index is 11.8. The molecule has 0 fully saturated rings. The molecule has 0 aliphatic rings. The predicted molar refractivity (Wildman–Crippen MR) is 98.2 cm³/mol. The first-order valence-corrected chi connectivity index (χ1v) is 7.99. The van der Waals surface area contributed by atoms with Crippen LogP contribution in [-0.2, 0) is 11.2 Å². The molecule has 3 rings (SSSR count). The average molecular weight is 361 g/mol. The van der Waals surface area contributed by atoms with Crippen molar-refractivity contribution in [2.45, 2.75) is 6.42 Å². The number of methoxy groups -OCH3 is 1. The molecule has 0 aliphatic carbocycles. The summed E-state index contributed by atoms with van der Waals surface area (Å²) in [5, 5.41) is 6.39. The van der Waals surface area contributed by atoms with E-state index in [9.17, 15) is 9.59 Å². The van der Waals surface area contributed by atoms with Gasteiger partial charge in [-0.1, -0.05) is 12.1 Å². The highest BCUT2D eigenvalue weighted by molar-refractivity contribution is 5.91. The number of hydrogen-bond donors (Lipinski definition) is 1. The van der Waals surface area contributed by atoms with E-state index in [0.29, 0.717) is 17.9 Å². The largest absolute Gasteiger partial charge is 0.465 e. The molecule has 0 atom stereocenters. The third kappa shape index (κ3) is 4.58. The second-order valence-corrected chi connectivity index (χ2v) is 5.66. The average Bonchev–Trinajstić information content (AvgIpc) is 2.69. The van der Waals surface area contributed by atoms with Crippen LogP contribution < -0.4 is 10.3 Å². The number of H-pyrrole nitrogens is 1. The van der Waals surface area contributed by atoms with E-state index in [2.05, 4.69) is 15.0 Å². The van der Waals surface area contributed by atoms with Crippen LogP contribution >= 0.6 is 0 Å². The molecule has 0 amide bonds. The van der Waals surface area contributed by atoms with Gasteiger partial charge in [0.1, 0.15) is 11.5 Å². The fraction of sp³-hybridized carbons (Fsp3) is 0.100. The number of carbonyl (C=O) groups excluding carboxylic acids is 1. The second kappa shape index (κ2) is 7.97. The van der Waals surface area contributed by atoms with Crippen molar-refractivity contribution in [1.82, 2.24) is 10.2 Å². The van der Waals surface area contributed by atoms with E-state index < -0.39 is 5.97 Å². The Labute approximate surface area is 155 Å². The first kappa shape index (κ1) is 17.9. The summed E-state index contributed by atoms with van der Waals surface area (Å²) in [6.07, 6.45) is 0.517. The lowest BCUT2D eigenvalue weighted by molar-refractivity contribution is 0.0600. The highest BCUT2D eigenvalue weighted by Gasteiger charge is 2.10. The van der Waals surface area contributed by atoms with Crippen LogP contribution in [0.25, 0.3) is 4.85 Å². The SMILES string of the molecule is [C-]#[N+]c1cc(Oc2cccc(Cc3ccc(=O)[nH]n3)c2)cc(C(=O)OC)c1. The highest BCUT2D eigenvalue weighted by atomic mass is 16.5. The summed E-state index contributed by atoms with van der Waals surface area (Å²) < 4.78 is 10.5. The van der Waals surface area contributed by atoms with Crippen molar-refractivity contribution in [1.29, 1.82) is 0 Å². The molecule has 7 heteroatoms. The molecule has 0 radical (unpaired) electrons. The molecule has 0 saturated carbocycles. The van der Waals surface area contributed by atoms with Crippen LogP contribution in [0.3, 0.4) is 0 Å². The second-order valence-electron chi connectivity index (χ2n) is 5.66. The molecule has 0 spiro atoms. The van der Waals surface area contributed by atoms with Crippen molar-refractivity contribution in [3.05, 3.63) is 93.2 Å². The third-order valence-electron chi connectivity index (χ3n) is 3.70. The number of esters is 1. The molecule has 134 valence electrons. The molecular weight excluding hydrogens is 346 g/mol. The zero-order chi connectivity index (χ0) is 19.2. The van der Waals surface area contributed by atoms with Crippen LogP contribution in [-0.4, -0.2) is 23.3 Å². The number of ether oxygens (including phenoxy) is 2. The van der Waals surface area contributed by atoms with Crippen LogP contribution in [0.1, 0.15) is 21.6 Å². The van der Waals surface area contributed by atoms with Crippen molar-refractivity contribution in [3.63, 3.8) is 0 Å². The van der Waals surface area contributed by atoms with Crippen LogP contribution in [0, 0.1) is 6.57 Å². The van der Waals surface area contributed by atoms with Crippen LogP contribution in [0.4, 0.5) is 5.69 Å². The van der Waals surface area contributed by atoms with Gasteiger partial charge < -0.3 is 9.47 Å². The monoisotopic (exact) mass is 361 g/mol. The predicted octanol–water partition coefficient (Wildman–Crippen LogP) is 3.49. The van der Waals surface area contributed by atoms with Gasteiger partial charge >= 0.3 is 5.97 Å². The van der Waals surface area contributed by atoms with Gasteiger partial charge in [-0.3, -0.25) is 4.79 Å². The zero-order valence-corrected chi connectivity index (χ0v) is 14.4. The summed E-state index contributed by atoms with van der Waals surface area (Å²) in [6, 6.07) is 14.9. The summed E-state index contributed by atoms with van der Waals surface area (Å²) in [5.74, 6) is 0.376. The number of nitrogens with zero attached hydrogens (tertiary/aromatic N) is 2. The molecule has 0 unspecified atom stereocenters. The normalized spacial score (nSPS) is 10.1. The van der Waals surface area contributed by atoms with E-state index >= 15 is 0 Å². The summed E-state index contributed by atoms with van der Waals surface area (Å²) in [4.78, 5) is 26.2. The molecule has 7 nitrogen and oxygen atoms in total. The summed E-state index contributed by atoms with van der Waals surface area (Å²) in [5.41, 5.74) is 1.92. The lowest BCUT2D eigenvalue weighted by Crippen LogP contribution is -2.07. The minimum absolute atomic E-state index is 0.245. The van der Waals surface area contributed by atoms with Gasteiger partial charge in [0, 0.05) is 12.5 Å². The molecule has 3 aromatic rings. The Morgan fingerprint density at radius 1 is 1.15 bits per heavy atom. The lowest BCUT2D eigenvalue weighted by atomic mass is 10.1. The minimum atomic E-state index is -0.539. The molecule has 1 aromatic heterocycles. The Bertz CT molecular complexity index is 1060. The molecule has 0 aliphatic heterocycles. The number of carbonyl (C=O) groups is 1. The highest BCUT2D eigenvalue weighted by Crippen LogP contribution is 2.28. The van der Waals surface area contributed by atoms with Crippen LogP contribution in [0.5, 0.6) is 11.5 Å². The van der Waals surface area contributed by atoms with Crippen molar-refractivity contribution in [3.8, 4) is 11.5 Å². The van der Waals surface area contributed by atoms with E-state index in [1.165, 1.54) is 25.3 Å². The van der Waals surface area contributed by atoms with E-state index in [1.54, 1.807) is 18.2 Å². The molecular formula is C20H15N3O4. The van der Waals surface area contributed by atoms with E-state index in [1.807, 2.05) is 18.2 Å². The van der Waals surface area contributed by atoms with Crippen molar-refractivity contribution in [2.24, 2.45) is 0 Å². The molecule has 2 aromatic carbocycles. The van der Waals surface area contributed by atoms with Gasteiger partial charge in [0.15, 0.2) is 5.69 Å². The minimum Gasteiger partial charge on any atom is -0.465 e. The molecule has 1 N–H and O–H groups in total. The van der Waals surface area contributed by atoms with Gasteiger partial charge in [-0.25, -0.2) is 14.7 Å². The topological polar surface area (TPSA) is 85.6 Å². The van der Waals surface area contributed by atoms with E-state index in [0.717, 1.165) is 11.3 Å². The quantitative estimate of drug-likeness (QED) is 0.555. The molecule has 0 bridgehead atoms. The van der Waals surface area contributed by atoms with Crippen molar-refractivity contribution >= 4 is 11.7 Å². The molecule has 1 heterocycles. The Balaban J connectivity index is 1.84. The number of benzene rings is 2. The Morgan fingerprint density at radius 2 is 2.00 bits per heavy atom. The van der Waals surface area contributed by atoms with Crippen LogP contribution in [0.2, 0.25) is 0 Å². The fourth-order valence-corrected chi connectivity index (χ4v) is 2.48. The number of nitrogens with one attached hydrogen (secondary N) is 1. The first-order chi connectivity index (χ1) is 13.1. The molecule has 27 heavy (non-hydrogen) atoms. The molecule has 0 saturated heterocycles. The van der Waals surface area contributed by atoms with Gasteiger partial charge in [0.05, 0.1) is 24.9 Å². The van der Waals surface area contributed by atoms with Gasteiger partial charge in [0.25, 0.3) is 5.56 Å². The van der Waals surface area contributed by atoms with Crippen molar-refractivity contribution in [2.75, 3.05) is 7.11 Å². The van der Waals surface area contributed by atoms with Gasteiger partial charge in [0.2, 0.25) is 0 Å².